The fraction of sp³-hybridized carbons (Fsp3) is 0.240. The van der Waals surface area contributed by atoms with Crippen LogP contribution in [-0.4, -0.2) is 61.1 Å². The van der Waals surface area contributed by atoms with Gasteiger partial charge in [-0.2, -0.15) is 0 Å². The summed E-state index contributed by atoms with van der Waals surface area (Å²) >= 11 is 0.973. The van der Waals surface area contributed by atoms with Crippen LogP contribution in [0.15, 0.2) is 47.8 Å². The number of hydrogen-bond acceptors (Lipinski definition) is 9. The van der Waals surface area contributed by atoms with Crippen LogP contribution in [0.2, 0.25) is 0 Å². The Morgan fingerprint density at radius 3 is 2.55 bits per heavy atom. The Morgan fingerprint density at radius 2 is 1.87 bits per heavy atom. The van der Waals surface area contributed by atoms with Crippen LogP contribution >= 0.6 is 11.3 Å². The smallest absolute Gasteiger partial charge is 0.357 e. The van der Waals surface area contributed by atoms with Gasteiger partial charge in [0.05, 0.1) is 21.3 Å². The van der Waals surface area contributed by atoms with Crippen molar-refractivity contribution in [1.29, 1.82) is 0 Å². The number of imide groups is 1. The van der Waals surface area contributed by atoms with Crippen LogP contribution in [0.3, 0.4) is 0 Å². The lowest BCUT2D eigenvalue weighted by Gasteiger charge is -2.25. The number of nitrogens with zero attached hydrogens (tertiary/aromatic N) is 2. The van der Waals surface area contributed by atoms with Gasteiger partial charge in [-0.3, -0.25) is 9.59 Å². The second kappa shape index (κ2) is 11.3. The Morgan fingerprint density at radius 1 is 1.13 bits per heavy atom. The summed E-state index contributed by atoms with van der Waals surface area (Å²) in [5.41, 5.74) is 0.734. The summed E-state index contributed by atoms with van der Waals surface area (Å²) in [7, 11) is 3.96. The van der Waals surface area contributed by atoms with E-state index < -0.39 is 41.7 Å². The van der Waals surface area contributed by atoms with Gasteiger partial charge in [0.15, 0.2) is 22.4 Å². The molecule has 2 heterocycles. The maximum absolute atomic E-state index is 14.3. The number of halogens is 1. The zero-order chi connectivity index (χ0) is 27.4. The molecular formula is C25H23FN4O7S. The number of ether oxygens (including phenoxy) is 3. The fourth-order valence-electron chi connectivity index (χ4n) is 3.98. The highest BCUT2D eigenvalue weighted by Gasteiger charge is 2.46. The molecule has 0 radical (unpaired) electrons. The molecule has 1 fully saturated rings. The molecule has 3 aromatic rings. The Bertz CT molecular complexity index is 1400. The van der Waals surface area contributed by atoms with E-state index in [-0.39, 0.29) is 28.6 Å². The van der Waals surface area contributed by atoms with Gasteiger partial charge in [0.2, 0.25) is 5.91 Å². The van der Waals surface area contributed by atoms with E-state index in [4.69, 9.17) is 9.47 Å². The Kier molecular flexibility index (Phi) is 7.86. The van der Waals surface area contributed by atoms with Gasteiger partial charge in [0.1, 0.15) is 17.8 Å². The average molecular weight is 543 g/mol. The van der Waals surface area contributed by atoms with Gasteiger partial charge in [0, 0.05) is 11.8 Å². The van der Waals surface area contributed by atoms with E-state index in [0.717, 1.165) is 22.3 Å². The standard InChI is InChI=1S/C25H23FN4O7S/c1-35-18-7-5-4-6-13(18)11-17(21(31)29-24-27-16(12-38-24)23(33)37-3)30-22(32)20(28-25(30)34)14-8-9-19(36-2)15(26)10-14/h4-10,12,17,20H,11H2,1-3H3,(H,28,34)(H,27,29,31)/t17-,20?/m0/s1. The molecule has 13 heteroatoms. The number of benzene rings is 2. The van der Waals surface area contributed by atoms with Crippen LogP contribution in [0.4, 0.5) is 14.3 Å². The number of thiazole rings is 1. The molecule has 2 atom stereocenters. The first-order valence-corrected chi connectivity index (χ1v) is 12.1. The summed E-state index contributed by atoms with van der Waals surface area (Å²) in [5, 5.41) is 6.56. The number of carbonyl (C=O) groups is 4. The maximum Gasteiger partial charge on any atom is 0.357 e. The zero-order valence-corrected chi connectivity index (χ0v) is 21.3. The SMILES string of the molecule is COC(=O)c1csc(NC(=O)[C@H](Cc2ccccc2OC)N2C(=O)NC(c3ccc(OC)c(F)c3)C2=O)n1. The summed E-state index contributed by atoms with van der Waals surface area (Å²) in [5.74, 6) is -2.44. The van der Waals surface area contributed by atoms with Crippen molar-refractivity contribution in [1.82, 2.24) is 15.2 Å². The minimum atomic E-state index is -1.34. The minimum Gasteiger partial charge on any atom is -0.496 e. The lowest BCUT2D eigenvalue weighted by molar-refractivity contribution is -0.134. The largest absolute Gasteiger partial charge is 0.496 e. The van der Waals surface area contributed by atoms with Gasteiger partial charge in [-0.15, -0.1) is 11.3 Å². The molecule has 38 heavy (non-hydrogen) atoms. The first kappa shape index (κ1) is 26.5. The van der Waals surface area contributed by atoms with Crippen molar-refractivity contribution in [2.75, 3.05) is 26.6 Å². The number of aromatic nitrogens is 1. The fourth-order valence-corrected chi connectivity index (χ4v) is 4.66. The number of carbonyl (C=O) groups excluding carboxylic acids is 4. The van der Waals surface area contributed by atoms with Crippen molar-refractivity contribution >= 4 is 40.3 Å². The van der Waals surface area contributed by atoms with Gasteiger partial charge in [-0.25, -0.2) is 23.9 Å². The molecule has 0 aliphatic carbocycles. The van der Waals surface area contributed by atoms with Crippen LogP contribution in [0.5, 0.6) is 11.5 Å². The topological polar surface area (TPSA) is 136 Å². The normalized spacial score (nSPS) is 15.6. The first-order chi connectivity index (χ1) is 18.3. The molecule has 0 saturated carbocycles. The third-order valence-electron chi connectivity index (χ3n) is 5.83. The quantitative estimate of drug-likeness (QED) is 0.311. The van der Waals surface area contributed by atoms with Crippen molar-refractivity contribution in [3.05, 3.63) is 70.5 Å². The molecule has 1 saturated heterocycles. The Balaban J connectivity index is 1.66. The Hall–Kier alpha value is -4.52. The summed E-state index contributed by atoms with van der Waals surface area (Å²) in [6.45, 7) is 0. The highest BCUT2D eigenvalue weighted by Crippen LogP contribution is 2.30. The van der Waals surface area contributed by atoms with Crippen LogP contribution < -0.4 is 20.1 Å². The average Bonchev–Trinajstić information content (AvgIpc) is 3.50. The molecule has 0 spiro atoms. The van der Waals surface area contributed by atoms with Gasteiger partial charge in [0.25, 0.3) is 5.91 Å². The van der Waals surface area contributed by atoms with E-state index in [1.54, 1.807) is 24.3 Å². The summed E-state index contributed by atoms with van der Waals surface area (Å²) in [6, 6.07) is 7.34. The molecule has 2 aromatic carbocycles. The molecule has 2 N–H and O–H groups in total. The summed E-state index contributed by atoms with van der Waals surface area (Å²) in [6.07, 6.45) is -0.0894. The van der Waals surface area contributed by atoms with E-state index >= 15 is 0 Å². The van der Waals surface area contributed by atoms with Crippen LogP contribution in [0.25, 0.3) is 0 Å². The number of esters is 1. The Labute approximate surface area is 220 Å². The third-order valence-corrected chi connectivity index (χ3v) is 6.59. The lowest BCUT2D eigenvalue weighted by atomic mass is 10.0. The predicted molar refractivity (Wildman–Crippen MR) is 134 cm³/mol. The van der Waals surface area contributed by atoms with Crippen molar-refractivity contribution in [2.24, 2.45) is 0 Å². The predicted octanol–water partition coefficient (Wildman–Crippen LogP) is 2.93. The zero-order valence-electron chi connectivity index (χ0n) is 20.5. The molecule has 1 aliphatic heterocycles. The summed E-state index contributed by atoms with van der Waals surface area (Å²) < 4.78 is 29.3. The first-order valence-electron chi connectivity index (χ1n) is 11.2. The number of anilines is 1. The maximum atomic E-state index is 14.3. The number of hydrogen-bond donors (Lipinski definition) is 2. The number of urea groups is 1. The van der Waals surface area contributed by atoms with Crippen molar-refractivity contribution in [3.8, 4) is 11.5 Å². The van der Waals surface area contributed by atoms with Gasteiger partial charge >= 0.3 is 12.0 Å². The van der Waals surface area contributed by atoms with Gasteiger partial charge in [-0.05, 0) is 29.3 Å². The van der Waals surface area contributed by atoms with E-state index in [1.165, 1.54) is 38.8 Å². The highest BCUT2D eigenvalue weighted by molar-refractivity contribution is 7.14. The number of para-hydroxylation sites is 1. The summed E-state index contributed by atoms with van der Waals surface area (Å²) in [4.78, 5) is 56.5. The van der Waals surface area contributed by atoms with Crippen LogP contribution in [-0.2, 0) is 20.7 Å². The van der Waals surface area contributed by atoms with E-state index in [9.17, 15) is 23.6 Å². The van der Waals surface area contributed by atoms with Gasteiger partial charge < -0.3 is 24.8 Å². The molecular weight excluding hydrogens is 519 g/mol. The molecule has 4 amide bonds. The number of amides is 4. The van der Waals surface area contributed by atoms with Crippen LogP contribution in [0.1, 0.15) is 27.7 Å². The van der Waals surface area contributed by atoms with E-state index in [0.29, 0.717) is 11.3 Å². The molecule has 198 valence electrons. The monoisotopic (exact) mass is 542 g/mol. The van der Waals surface area contributed by atoms with Crippen molar-refractivity contribution < 1.29 is 37.8 Å². The molecule has 11 nitrogen and oxygen atoms in total. The minimum absolute atomic E-state index is 0.00864. The van der Waals surface area contributed by atoms with E-state index in [1.807, 2.05) is 0 Å². The second-order valence-corrected chi connectivity index (χ2v) is 8.89. The lowest BCUT2D eigenvalue weighted by Crippen LogP contribution is -2.49. The van der Waals surface area contributed by atoms with Crippen LogP contribution in [0, 0.1) is 5.82 Å². The number of rotatable bonds is 9. The molecule has 1 aromatic heterocycles. The number of nitrogens with one attached hydrogen (secondary N) is 2. The van der Waals surface area contributed by atoms with Gasteiger partial charge in [-0.1, -0.05) is 24.3 Å². The molecule has 1 unspecified atom stereocenters. The van der Waals surface area contributed by atoms with Crippen molar-refractivity contribution in [2.45, 2.75) is 18.5 Å². The van der Waals surface area contributed by atoms with E-state index in [2.05, 4.69) is 20.4 Å². The second-order valence-electron chi connectivity index (χ2n) is 8.04. The van der Waals surface area contributed by atoms with Crippen molar-refractivity contribution in [3.63, 3.8) is 0 Å². The molecule has 0 bridgehead atoms. The molecule has 1 aliphatic rings. The number of methoxy groups -OCH3 is 3. The third kappa shape index (κ3) is 5.27. The highest BCUT2D eigenvalue weighted by atomic mass is 32.1. The molecule has 4 rings (SSSR count).